The minimum absolute atomic E-state index is 0.0982. The zero-order chi connectivity index (χ0) is 37.0. The summed E-state index contributed by atoms with van der Waals surface area (Å²) in [5, 5.41) is 5.16. The average Bonchev–Trinajstić information content (AvgIpc) is 3.81. The normalized spacial score (nSPS) is 13.3. The molecule has 5 aromatic rings. The van der Waals surface area contributed by atoms with E-state index in [0.717, 1.165) is 21.2 Å². The van der Waals surface area contributed by atoms with Crippen LogP contribution < -0.4 is 15.4 Å². The SMILES string of the molecule is COCCN(Cc1ccc(-c2cc3nccc(Oc4ccc(NC(=O)C5(C(=O)Nc6ccc(F)cc6)CC5)c(F)c4)c3s2)nc1)C(=O)OC(C)(C)C. The second-order valence-electron chi connectivity index (χ2n) is 13.3. The van der Waals surface area contributed by atoms with Gasteiger partial charge in [0, 0.05) is 43.9 Å². The molecule has 270 valence electrons. The second kappa shape index (κ2) is 15.0. The van der Waals surface area contributed by atoms with Gasteiger partial charge in [-0.25, -0.2) is 13.6 Å². The van der Waals surface area contributed by atoms with Gasteiger partial charge in [-0.15, -0.1) is 11.3 Å². The summed E-state index contributed by atoms with van der Waals surface area (Å²) in [6.07, 6.45) is 3.47. The first-order valence-corrected chi connectivity index (χ1v) is 17.3. The molecule has 3 amide bonds. The number of halogens is 2. The van der Waals surface area contributed by atoms with E-state index in [0.29, 0.717) is 55.2 Å². The van der Waals surface area contributed by atoms with Gasteiger partial charge in [0.2, 0.25) is 11.8 Å². The van der Waals surface area contributed by atoms with Crippen molar-refractivity contribution in [2.45, 2.75) is 45.8 Å². The number of nitrogens with zero attached hydrogens (tertiary/aromatic N) is 3. The van der Waals surface area contributed by atoms with Crippen molar-refractivity contribution < 1.29 is 37.4 Å². The summed E-state index contributed by atoms with van der Waals surface area (Å²) in [4.78, 5) is 50.2. The summed E-state index contributed by atoms with van der Waals surface area (Å²) in [6, 6.07) is 16.6. The summed E-state index contributed by atoms with van der Waals surface area (Å²) in [6.45, 7) is 6.46. The molecule has 1 fully saturated rings. The number of methoxy groups -OCH3 is 1. The molecule has 0 atom stereocenters. The number of amides is 3. The van der Waals surface area contributed by atoms with Gasteiger partial charge >= 0.3 is 6.09 Å². The van der Waals surface area contributed by atoms with Crippen LogP contribution in [-0.4, -0.2) is 58.6 Å². The highest BCUT2D eigenvalue weighted by Gasteiger charge is 2.56. The Balaban J connectivity index is 1.12. The smallest absolute Gasteiger partial charge is 0.410 e. The van der Waals surface area contributed by atoms with E-state index in [1.807, 2.05) is 39.0 Å². The van der Waals surface area contributed by atoms with E-state index in [9.17, 15) is 18.8 Å². The second-order valence-corrected chi connectivity index (χ2v) is 14.4. The molecule has 1 aliphatic rings. The summed E-state index contributed by atoms with van der Waals surface area (Å²) in [5.41, 5.74) is 0.464. The van der Waals surface area contributed by atoms with E-state index in [4.69, 9.17) is 14.2 Å². The molecule has 0 saturated heterocycles. The van der Waals surface area contributed by atoms with Crippen LogP contribution in [0.25, 0.3) is 20.8 Å². The topological polar surface area (TPSA) is 132 Å². The third-order valence-electron chi connectivity index (χ3n) is 8.18. The van der Waals surface area contributed by atoms with Gasteiger partial charge < -0.3 is 29.7 Å². The predicted octanol–water partition coefficient (Wildman–Crippen LogP) is 8.17. The summed E-state index contributed by atoms with van der Waals surface area (Å²) in [5.74, 6) is -1.71. The van der Waals surface area contributed by atoms with Crippen molar-refractivity contribution in [2.75, 3.05) is 30.9 Å². The molecule has 6 rings (SSSR count). The maximum atomic E-state index is 15.3. The summed E-state index contributed by atoms with van der Waals surface area (Å²) in [7, 11) is 1.57. The lowest BCUT2D eigenvalue weighted by molar-refractivity contribution is -0.131. The van der Waals surface area contributed by atoms with Gasteiger partial charge in [0.15, 0.2) is 0 Å². The number of fused-ring (bicyclic) bond motifs is 1. The number of carbonyl (C=O) groups is 3. The maximum absolute atomic E-state index is 15.3. The molecular formula is C38H37F2N5O6S. The van der Waals surface area contributed by atoms with Gasteiger partial charge in [0.05, 0.1) is 39.6 Å². The summed E-state index contributed by atoms with van der Waals surface area (Å²) < 4.78 is 46.0. The Bertz CT molecular complexity index is 2100. The maximum Gasteiger partial charge on any atom is 0.410 e. The highest BCUT2D eigenvalue weighted by atomic mass is 32.1. The van der Waals surface area contributed by atoms with Gasteiger partial charge in [-0.2, -0.15) is 0 Å². The van der Waals surface area contributed by atoms with E-state index in [-0.39, 0.29) is 11.4 Å². The molecule has 2 N–H and O–H groups in total. The van der Waals surface area contributed by atoms with E-state index in [1.54, 1.807) is 30.5 Å². The fourth-order valence-electron chi connectivity index (χ4n) is 5.26. The molecule has 3 heterocycles. The number of aromatic nitrogens is 2. The lowest BCUT2D eigenvalue weighted by atomic mass is 10.0. The quantitative estimate of drug-likeness (QED) is 0.123. The van der Waals surface area contributed by atoms with Crippen LogP contribution in [0.3, 0.4) is 0 Å². The Kier molecular flexibility index (Phi) is 10.5. The number of rotatable bonds is 12. The zero-order valence-electron chi connectivity index (χ0n) is 29.0. The van der Waals surface area contributed by atoms with E-state index >= 15 is 4.39 Å². The van der Waals surface area contributed by atoms with Crippen LogP contribution in [0.1, 0.15) is 39.2 Å². The van der Waals surface area contributed by atoms with Crippen molar-refractivity contribution in [3.05, 3.63) is 96.3 Å². The Morgan fingerprint density at radius 1 is 0.942 bits per heavy atom. The number of pyridine rings is 2. The number of hydrogen-bond acceptors (Lipinski definition) is 9. The van der Waals surface area contributed by atoms with Crippen molar-refractivity contribution in [1.82, 2.24) is 14.9 Å². The Hall–Kier alpha value is -5.47. The third-order valence-corrected chi connectivity index (χ3v) is 9.34. The van der Waals surface area contributed by atoms with Crippen molar-refractivity contribution in [3.63, 3.8) is 0 Å². The van der Waals surface area contributed by atoms with Gasteiger partial charge in [0.1, 0.15) is 34.1 Å². The highest BCUT2D eigenvalue weighted by molar-refractivity contribution is 7.22. The molecule has 1 saturated carbocycles. The first-order chi connectivity index (χ1) is 24.8. The minimum atomic E-state index is -1.34. The van der Waals surface area contributed by atoms with Crippen LogP contribution in [0.4, 0.5) is 25.0 Å². The molecular weight excluding hydrogens is 693 g/mol. The van der Waals surface area contributed by atoms with E-state index in [1.165, 1.54) is 47.7 Å². The zero-order valence-corrected chi connectivity index (χ0v) is 29.8. The van der Waals surface area contributed by atoms with Gasteiger partial charge in [-0.05, 0) is 87.7 Å². The van der Waals surface area contributed by atoms with Crippen LogP contribution in [0.15, 0.2) is 79.1 Å². The van der Waals surface area contributed by atoms with Crippen LogP contribution >= 0.6 is 11.3 Å². The van der Waals surface area contributed by atoms with E-state index < -0.39 is 40.6 Å². The third kappa shape index (κ3) is 8.52. The van der Waals surface area contributed by atoms with Crippen LogP contribution in [0.2, 0.25) is 0 Å². The van der Waals surface area contributed by atoms with Crippen molar-refractivity contribution in [3.8, 4) is 22.1 Å². The molecule has 0 bridgehead atoms. The molecule has 1 aliphatic carbocycles. The lowest BCUT2D eigenvalue weighted by Crippen LogP contribution is -2.38. The Morgan fingerprint density at radius 2 is 1.69 bits per heavy atom. The van der Waals surface area contributed by atoms with Gasteiger partial charge in [-0.1, -0.05) is 6.07 Å². The number of benzene rings is 2. The molecule has 0 spiro atoms. The molecule has 0 unspecified atom stereocenters. The van der Waals surface area contributed by atoms with Crippen LogP contribution in [-0.2, 0) is 25.6 Å². The highest BCUT2D eigenvalue weighted by Crippen LogP contribution is 2.48. The minimum Gasteiger partial charge on any atom is -0.456 e. The molecule has 0 radical (unpaired) electrons. The van der Waals surface area contributed by atoms with Crippen molar-refractivity contribution >= 4 is 50.8 Å². The monoisotopic (exact) mass is 729 g/mol. The number of carbonyl (C=O) groups excluding carboxylic acids is 3. The standard InChI is InChI=1S/C38H37F2N5O6S/c1-37(2,3)51-36(48)45(17-18-49-4)22-23-5-11-29(42-21-23)32-20-30-33(52-32)31(13-16-41-30)50-26-10-12-28(27(40)19-26)44-35(47)38(14-15-38)34(46)43-25-8-6-24(39)7-9-25/h5-13,16,19-21H,14-15,17-18,22H2,1-4H3,(H,43,46)(H,44,47). The lowest BCUT2D eigenvalue weighted by Gasteiger charge is -2.27. The number of hydrogen-bond donors (Lipinski definition) is 2. The fraction of sp³-hybridized carbons (Fsp3) is 0.289. The van der Waals surface area contributed by atoms with Crippen LogP contribution in [0.5, 0.6) is 11.5 Å². The molecule has 14 heteroatoms. The summed E-state index contributed by atoms with van der Waals surface area (Å²) >= 11 is 1.41. The molecule has 3 aromatic heterocycles. The van der Waals surface area contributed by atoms with Crippen LogP contribution in [0, 0.1) is 17.0 Å². The molecule has 0 aliphatic heterocycles. The van der Waals surface area contributed by atoms with E-state index in [2.05, 4.69) is 20.6 Å². The Morgan fingerprint density at radius 3 is 2.35 bits per heavy atom. The van der Waals surface area contributed by atoms with Gasteiger partial charge in [0.25, 0.3) is 0 Å². The van der Waals surface area contributed by atoms with Crippen molar-refractivity contribution in [1.29, 1.82) is 0 Å². The Labute approximate surface area is 302 Å². The van der Waals surface area contributed by atoms with Crippen molar-refractivity contribution in [2.24, 2.45) is 5.41 Å². The first kappa shape index (κ1) is 36.3. The molecule has 52 heavy (non-hydrogen) atoms. The first-order valence-electron chi connectivity index (χ1n) is 16.5. The average molecular weight is 730 g/mol. The predicted molar refractivity (Wildman–Crippen MR) is 193 cm³/mol. The molecule has 2 aromatic carbocycles. The largest absolute Gasteiger partial charge is 0.456 e. The molecule has 11 nitrogen and oxygen atoms in total. The number of thiophene rings is 1. The number of nitrogens with one attached hydrogen (secondary N) is 2. The number of anilines is 2. The van der Waals surface area contributed by atoms with Gasteiger partial charge in [-0.3, -0.25) is 19.6 Å². The fourth-order valence-corrected chi connectivity index (χ4v) is 6.31. The number of ether oxygens (including phenoxy) is 3.